The van der Waals surface area contributed by atoms with Crippen LogP contribution in [0.15, 0.2) is 53.7 Å². The quantitative estimate of drug-likeness (QED) is 0.483. The predicted octanol–water partition coefficient (Wildman–Crippen LogP) is 1.79. The summed E-state index contributed by atoms with van der Waals surface area (Å²) < 4.78 is 7.08. The number of aromatic nitrogens is 8. The summed E-state index contributed by atoms with van der Waals surface area (Å²) in [6.07, 6.45) is 0. The van der Waals surface area contributed by atoms with Gasteiger partial charge < -0.3 is 9.64 Å². The minimum absolute atomic E-state index is 0.244. The molecule has 0 amide bonds. The molecule has 0 saturated carbocycles. The molecule has 1 aliphatic rings. The number of carbonyl (C=O) groups excluding carboxylic acids is 1. The Labute approximate surface area is 176 Å². The van der Waals surface area contributed by atoms with Crippen molar-refractivity contribution in [1.29, 1.82) is 0 Å². The number of esters is 1. The largest absolute Gasteiger partial charge is 0.463 e. The molecule has 1 atom stereocenters. The second-order valence-electron chi connectivity index (χ2n) is 7.03. The molecule has 1 aliphatic heterocycles. The summed E-state index contributed by atoms with van der Waals surface area (Å²) in [7, 11) is 0. The molecule has 11 heteroatoms. The average Bonchev–Trinajstić information content (AvgIpc) is 3.47. The zero-order valence-corrected chi connectivity index (χ0v) is 16.9. The van der Waals surface area contributed by atoms with Crippen molar-refractivity contribution in [3.05, 3.63) is 65.1 Å². The van der Waals surface area contributed by atoms with Gasteiger partial charge in [-0.1, -0.05) is 52.8 Å². The molecule has 0 saturated heterocycles. The number of rotatable bonds is 5. The highest BCUT2D eigenvalue weighted by atomic mass is 16.5. The first-order valence-corrected chi connectivity index (χ1v) is 9.82. The Bertz CT molecular complexity index is 1270. The molecule has 1 N–H and O–H groups in total. The monoisotopic (exact) mass is 417 g/mol. The van der Waals surface area contributed by atoms with E-state index in [-0.39, 0.29) is 13.2 Å². The van der Waals surface area contributed by atoms with Crippen LogP contribution in [0.2, 0.25) is 0 Å². The van der Waals surface area contributed by atoms with E-state index >= 15 is 0 Å². The van der Waals surface area contributed by atoms with E-state index in [2.05, 4.69) is 36.1 Å². The van der Waals surface area contributed by atoms with Crippen LogP contribution < -0.4 is 4.90 Å². The molecule has 0 fully saturated rings. The third kappa shape index (κ3) is 3.10. The second-order valence-corrected chi connectivity index (χ2v) is 7.03. The van der Waals surface area contributed by atoms with Crippen LogP contribution in [0, 0.1) is 0 Å². The van der Waals surface area contributed by atoms with E-state index < -0.39 is 12.0 Å². The van der Waals surface area contributed by atoms with E-state index in [1.165, 1.54) is 0 Å². The molecule has 0 spiro atoms. The maximum atomic E-state index is 13.2. The van der Waals surface area contributed by atoms with Gasteiger partial charge in [0, 0.05) is 5.70 Å². The summed E-state index contributed by atoms with van der Waals surface area (Å²) >= 11 is 0. The predicted molar refractivity (Wildman–Crippen MR) is 110 cm³/mol. The standard InChI is InChI=1S/C20H19N9O2/c1-3-31-19(30)17-12(2)28(11-16-21-24-25-22-16)20-23-26-27-29(20)18(17)15-10-6-8-13-7-4-5-9-14(13)15/h4-10,18H,3,11H2,1-2H3,(H,21,22,24,25). The van der Waals surface area contributed by atoms with Gasteiger partial charge in [0.15, 0.2) is 5.82 Å². The number of anilines is 1. The lowest BCUT2D eigenvalue weighted by Gasteiger charge is -2.34. The van der Waals surface area contributed by atoms with Crippen LogP contribution in [-0.4, -0.2) is 53.4 Å². The van der Waals surface area contributed by atoms with Gasteiger partial charge in [0.25, 0.3) is 5.95 Å². The Hall–Kier alpha value is -4.15. The highest BCUT2D eigenvalue weighted by Gasteiger charge is 2.39. The average molecular weight is 417 g/mol. The fourth-order valence-electron chi connectivity index (χ4n) is 3.97. The Balaban J connectivity index is 1.73. The van der Waals surface area contributed by atoms with Gasteiger partial charge in [-0.15, -0.1) is 10.2 Å². The summed E-state index contributed by atoms with van der Waals surface area (Å²) in [5.41, 5.74) is 2.04. The van der Waals surface area contributed by atoms with Crippen molar-refractivity contribution >= 4 is 22.7 Å². The van der Waals surface area contributed by atoms with Gasteiger partial charge in [0.2, 0.25) is 0 Å². The minimum Gasteiger partial charge on any atom is -0.463 e. The molecule has 2 aromatic heterocycles. The number of carbonyl (C=O) groups is 1. The molecular formula is C20H19N9O2. The zero-order chi connectivity index (χ0) is 21.4. The molecule has 156 valence electrons. The molecule has 1 unspecified atom stereocenters. The molecule has 0 radical (unpaired) electrons. The van der Waals surface area contributed by atoms with E-state index in [0.29, 0.717) is 23.0 Å². The smallest absolute Gasteiger partial charge is 0.338 e. The summed E-state index contributed by atoms with van der Waals surface area (Å²) in [4.78, 5) is 15.0. The molecule has 3 heterocycles. The fraction of sp³-hybridized carbons (Fsp3) is 0.250. The topological polar surface area (TPSA) is 128 Å². The van der Waals surface area contributed by atoms with E-state index in [9.17, 15) is 4.79 Å². The number of H-pyrrole nitrogens is 1. The first kappa shape index (κ1) is 18.9. The van der Waals surface area contributed by atoms with Crippen LogP contribution in [0.4, 0.5) is 5.95 Å². The van der Waals surface area contributed by atoms with Crippen LogP contribution in [0.1, 0.15) is 31.3 Å². The Morgan fingerprint density at radius 1 is 1.16 bits per heavy atom. The number of allylic oxidation sites excluding steroid dienone is 1. The van der Waals surface area contributed by atoms with Crippen LogP contribution in [0.3, 0.4) is 0 Å². The Kier molecular flexibility index (Phi) is 4.62. The molecule has 5 rings (SSSR count). The molecule has 31 heavy (non-hydrogen) atoms. The van der Waals surface area contributed by atoms with E-state index in [1.807, 2.05) is 49.4 Å². The van der Waals surface area contributed by atoms with Gasteiger partial charge >= 0.3 is 5.97 Å². The Morgan fingerprint density at radius 3 is 2.81 bits per heavy atom. The van der Waals surface area contributed by atoms with Crippen LogP contribution in [0.5, 0.6) is 0 Å². The summed E-state index contributed by atoms with van der Waals surface area (Å²) in [6.45, 7) is 4.13. The molecule has 0 aliphatic carbocycles. The number of benzene rings is 2. The van der Waals surface area contributed by atoms with Gasteiger partial charge in [-0.05, 0) is 40.6 Å². The number of fused-ring (bicyclic) bond motifs is 2. The van der Waals surface area contributed by atoms with Crippen molar-refractivity contribution in [3.63, 3.8) is 0 Å². The SMILES string of the molecule is CCOC(=O)C1=C(C)N(Cc2nn[nH]n2)c2nnnn2C1c1cccc2ccccc12. The van der Waals surface area contributed by atoms with E-state index in [0.717, 1.165) is 16.3 Å². The van der Waals surface area contributed by atoms with Crippen molar-refractivity contribution < 1.29 is 9.53 Å². The lowest BCUT2D eigenvalue weighted by atomic mass is 9.91. The molecule has 2 aromatic carbocycles. The third-order valence-corrected chi connectivity index (χ3v) is 5.33. The second kappa shape index (κ2) is 7.59. The highest BCUT2D eigenvalue weighted by molar-refractivity contribution is 5.95. The zero-order valence-electron chi connectivity index (χ0n) is 16.9. The maximum absolute atomic E-state index is 13.2. The molecule has 4 aromatic rings. The minimum atomic E-state index is -0.545. The molecular weight excluding hydrogens is 398 g/mol. The van der Waals surface area contributed by atoms with Gasteiger partial charge in [-0.3, -0.25) is 0 Å². The van der Waals surface area contributed by atoms with Crippen molar-refractivity contribution in [3.8, 4) is 0 Å². The first-order valence-electron chi connectivity index (χ1n) is 9.82. The summed E-state index contributed by atoms with van der Waals surface area (Å²) in [5.74, 6) is 0.506. The van der Waals surface area contributed by atoms with E-state index in [1.54, 1.807) is 16.5 Å². The summed E-state index contributed by atoms with van der Waals surface area (Å²) in [5, 5.41) is 28.5. The Morgan fingerprint density at radius 2 is 2.00 bits per heavy atom. The maximum Gasteiger partial charge on any atom is 0.338 e. The fourth-order valence-corrected chi connectivity index (χ4v) is 3.97. The number of nitrogens with zero attached hydrogens (tertiary/aromatic N) is 8. The van der Waals surface area contributed by atoms with Crippen LogP contribution in [0.25, 0.3) is 10.8 Å². The lowest BCUT2D eigenvalue weighted by Crippen LogP contribution is -2.37. The molecule has 0 bridgehead atoms. The van der Waals surface area contributed by atoms with Gasteiger partial charge in [-0.2, -0.15) is 9.90 Å². The molecule has 11 nitrogen and oxygen atoms in total. The van der Waals surface area contributed by atoms with Crippen molar-refractivity contribution in [2.24, 2.45) is 0 Å². The third-order valence-electron chi connectivity index (χ3n) is 5.33. The number of nitrogens with one attached hydrogen (secondary N) is 1. The number of ether oxygens (including phenoxy) is 1. The van der Waals surface area contributed by atoms with Crippen molar-refractivity contribution in [1.82, 2.24) is 40.8 Å². The number of hydrogen-bond donors (Lipinski definition) is 1. The number of tetrazole rings is 2. The van der Waals surface area contributed by atoms with Crippen molar-refractivity contribution in [2.45, 2.75) is 26.4 Å². The number of aromatic amines is 1. The first-order chi connectivity index (χ1) is 15.2. The van der Waals surface area contributed by atoms with Crippen LogP contribution >= 0.6 is 0 Å². The van der Waals surface area contributed by atoms with Crippen molar-refractivity contribution in [2.75, 3.05) is 11.5 Å². The number of hydrogen-bond acceptors (Lipinski definition) is 9. The van der Waals surface area contributed by atoms with Gasteiger partial charge in [0.1, 0.15) is 6.04 Å². The van der Waals surface area contributed by atoms with Gasteiger partial charge in [-0.25, -0.2) is 4.79 Å². The van der Waals surface area contributed by atoms with Crippen LogP contribution in [-0.2, 0) is 16.1 Å². The van der Waals surface area contributed by atoms with E-state index in [4.69, 9.17) is 4.74 Å². The van der Waals surface area contributed by atoms with Gasteiger partial charge in [0.05, 0.1) is 18.7 Å². The summed E-state index contributed by atoms with van der Waals surface area (Å²) in [6, 6.07) is 13.4. The normalized spacial score (nSPS) is 15.9. The highest BCUT2D eigenvalue weighted by Crippen LogP contribution is 2.40. The lowest BCUT2D eigenvalue weighted by molar-refractivity contribution is -0.139.